The molecule has 6 nitrogen and oxygen atoms in total. The van der Waals surface area contributed by atoms with Crippen LogP contribution in [0, 0.1) is 0 Å². The molecule has 1 fully saturated rings. The first-order chi connectivity index (χ1) is 12.4. The number of benzene rings is 1. The summed E-state index contributed by atoms with van der Waals surface area (Å²) in [6, 6.07) is 8.40. The fraction of sp³-hybridized carbons (Fsp3) is 0.529. The lowest BCUT2D eigenvalue weighted by Gasteiger charge is -2.34. The maximum Gasteiger partial charge on any atom is 0.243 e. The highest BCUT2D eigenvalue weighted by molar-refractivity contribution is 8.23. The number of thioether (sulfide) groups is 1. The Labute approximate surface area is 165 Å². The van der Waals surface area contributed by atoms with E-state index >= 15 is 0 Å². The molecule has 1 aromatic carbocycles. The topological polar surface area (TPSA) is 60.9 Å². The van der Waals surface area contributed by atoms with Crippen LogP contribution in [0.2, 0.25) is 0 Å². The normalized spacial score (nSPS) is 15.7. The van der Waals surface area contributed by atoms with Gasteiger partial charge in [0.2, 0.25) is 15.9 Å². The molecular formula is C17H25N3O3S3. The van der Waals surface area contributed by atoms with Gasteiger partial charge in [-0.15, -0.1) is 0 Å². The number of amides is 1. The first-order valence-corrected chi connectivity index (χ1v) is 11.5. The van der Waals surface area contributed by atoms with E-state index in [4.69, 9.17) is 12.2 Å². The van der Waals surface area contributed by atoms with Gasteiger partial charge < -0.3 is 9.80 Å². The molecule has 0 spiro atoms. The Morgan fingerprint density at radius 2 is 1.69 bits per heavy atom. The average molecular weight is 416 g/mol. The zero-order chi connectivity index (χ0) is 19.2. The zero-order valence-electron chi connectivity index (χ0n) is 15.1. The maximum absolute atomic E-state index is 12.6. The van der Waals surface area contributed by atoms with E-state index in [-0.39, 0.29) is 5.91 Å². The third kappa shape index (κ3) is 5.18. The van der Waals surface area contributed by atoms with Crippen molar-refractivity contribution in [2.24, 2.45) is 0 Å². The van der Waals surface area contributed by atoms with Crippen molar-refractivity contribution in [3.8, 4) is 0 Å². The van der Waals surface area contributed by atoms with Crippen molar-refractivity contribution in [1.82, 2.24) is 14.1 Å². The molecular weight excluding hydrogens is 390 g/mol. The molecule has 0 atom stereocenters. The quantitative estimate of drug-likeness (QED) is 0.661. The van der Waals surface area contributed by atoms with E-state index < -0.39 is 10.0 Å². The molecule has 2 rings (SSSR count). The van der Waals surface area contributed by atoms with Gasteiger partial charge in [-0.3, -0.25) is 4.79 Å². The second kappa shape index (κ2) is 9.68. The lowest BCUT2D eigenvalue weighted by atomic mass is 10.3. The highest BCUT2D eigenvalue weighted by Crippen LogP contribution is 2.18. The van der Waals surface area contributed by atoms with Gasteiger partial charge in [0.05, 0.1) is 10.6 Å². The molecule has 0 radical (unpaired) electrons. The minimum absolute atomic E-state index is 0.00117. The fourth-order valence-electron chi connectivity index (χ4n) is 2.71. The summed E-state index contributed by atoms with van der Waals surface area (Å²) in [6.07, 6.45) is 0. The van der Waals surface area contributed by atoms with Gasteiger partial charge >= 0.3 is 0 Å². The largest absolute Gasteiger partial charge is 0.358 e. The van der Waals surface area contributed by atoms with Crippen molar-refractivity contribution in [3.05, 3.63) is 30.3 Å². The Bertz CT molecular complexity index is 713. The van der Waals surface area contributed by atoms with Crippen LogP contribution >= 0.6 is 24.0 Å². The molecule has 0 saturated carbocycles. The lowest BCUT2D eigenvalue weighted by Crippen LogP contribution is -2.51. The number of carbonyl (C=O) groups excluding carboxylic acids is 1. The minimum atomic E-state index is -3.49. The number of rotatable bonds is 6. The van der Waals surface area contributed by atoms with Crippen LogP contribution < -0.4 is 0 Å². The average Bonchev–Trinajstić information content (AvgIpc) is 2.68. The summed E-state index contributed by atoms with van der Waals surface area (Å²) in [5, 5.41) is 0. The molecule has 26 heavy (non-hydrogen) atoms. The number of hydrogen-bond acceptors (Lipinski definition) is 5. The van der Waals surface area contributed by atoms with Gasteiger partial charge in [-0.1, -0.05) is 42.2 Å². The van der Waals surface area contributed by atoms with E-state index in [1.54, 1.807) is 35.2 Å². The van der Waals surface area contributed by atoms with Crippen LogP contribution in [0.15, 0.2) is 35.2 Å². The van der Waals surface area contributed by atoms with Crippen molar-refractivity contribution < 1.29 is 13.2 Å². The Morgan fingerprint density at radius 1 is 1.12 bits per heavy atom. The molecule has 1 aliphatic heterocycles. The molecule has 0 aliphatic carbocycles. The van der Waals surface area contributed by atoms with Crippen LogP contribution in [0.4, 0.5) is 0 Å². The number of sulfonamides is 1. The van der Waals surface area contributed by atoms with Crippen molar-refractivity contribution >= 4 is 44.2 Å². The Morgan fingerprint density at radius 3 is 2.23 bits per heavy atom. The summed E-state index contributed by atoms with van der Waals surface area (Å²) in [6.45, 7) is 7.16. The molecule has 1 heterocycles. The smallest absolute Gasteiger partial charge is 0.243 e. The lowest BCUT2D eigenvalue weighted by molar-refractivity contribution is -0.129. The van der Waals surface area contributed by atoms with Crippen LogP contribution in [-0.4, -0.2) is 77.8 Å². The highest BCUT2D eigenvalue weighted by atomic mass is 32.2. The Hall–Kier alpha value is -1.16. The predicted octanol–water partition coefficient (Wildman–Crippen LogP) is 1.88. The van der Waals surface area contributed by atoms with Crippen LogP contribution in [0.3, 0.4) is 0 Å². The minimum Gasteiger partial charge on any atom is -0.358 e. The molecule has 1 saturated heterocycles. The van der Waals surface area contributed by atoms with Crippen LogP contribution in [0.1, 0.15) is 13.8 Å². The van der Waals surface area contributed by atoms with Crippen LogP contribution in [0.5, 0.6) is 0 Å². The van der Waals surface area contributed by atoms with Gasteiger partial charge in [-0.25, -0.2) is 8.42 Å². The fourth-order valence-corrected chi connectivity index (χ4v) is 5.46. The van der Waals surface area contributed by atoms with Gasteiger partial charge in [0.15, 0.2) is 0 Å². The number of thiocarbonyl (C=S) groups is 1. The van der Waals surface area contributed by atoms with Gasteiger partial charge in [-0.05, 0) is 26.0 Å². The summed E-state index contributed by atoms with van der Waals surface area (Å²) in [4.78, 5) is 16.4. The molecule has 9 heteroatoms. The summed E-state index contributed by atoms with van der Waals surface area (Å²) in [5.41, 5.74) is 0. The monoisotopic (exact) mass is 415 g/mol. The van der Waals surface area contributed by atoms with Crippen LogP contribution in [0.25, 0.3) is 0 Å². The molecule has 0 N–H and O–H groups in total. The number of carbonyl (C=O) groups is 1. The maximum atomic E-state index is 12.6. The van der Waals surface area contributed by atoms with E-state index in [2.05, 4.69) is 0 Å². The Kier molecular flexibility index (Phi) is 7.87. The van der Waals surface area contributed by atoms with Gasteiger partial charge in [0, 0.05) is 39.3 Å². The van der Waals surface area contributed by atoms with Crippen molar-refractivity contribution in [2.75, 3.05) is 45.0 Å². The SMILES string of the molecule is CCN(CC)C(=S)SCC(=O)N1CCN(S(=O)(=O)c2ccccc2)CC1. The van der Waals surface area contributed by atoms with Gasteiger partial charge in [0.1, 0.15) is 4.32 Å². The Balaban J connectivity index is 1.86. The third-order valence-corrected chi connectivity index (χ3v) is 7.73. The van der Waals surface area contributed by atoms with E-state index in [0.717, 1.165) is 17.4 Å². The van der Waals surface area contributed by atoms with E-state index in [0.29, 0.717) is 36.8 Å². The molecule has 144 valence electrons. The van der Waals surface area contributed by atoms with E-state index in [1.165, 1.54) is 16.1 Å². The van der Waals surface area contributed by atoms with E-state index in [1.807, 2.05) is 18.7 Å². The molecule has 0 bridgehead atoms. The predicted molar refractivity (Wildman–Crippen MR) is 110 cm³/mol. The first kappa shape index (κ1) is 21.1. The van der Waals surface area contributed by atoms with Crippen molar-refractivity contribution in [3.63, 3.8) is 0 Å². The summed E-state index contributed by atoms with van der Waals surface area (Å²) < 4.78 is 27.4. The second-order valence-electron chi connectivity index (χ2n) is 5.82. The zero-order valence-corrected chi connectivity index (χ0v) is 17.6. The summed E-state index contributed by atoms with van der Waals surface area (Å²) >= 11 is 6.72. The molecule has 1 aliphatic rings. The summed E-state index contributed by atoms with van der Waals surface area (Å²) in [7, 11) is -3.49. The van der Waals surface area contributed by atoms with Crippen LogP contribution in [-0.2, 0) is 14.8 Å². The molecule has 1 amide bonds. The second-order valence-corrected chi connectivity index (χ2v) is 9.37. The molecule has 0 aromatic heterocycles. The molecule has 0 unspecified atom stereocenters. The van der Waals surface area contributed by atoms with E-state index in [9.17, 15) is 13.2 Å². The third-order valence-electron chi connectivity index (χ3n) is 4.31. The van der Waals surface area contributed by atoms with Crippen molar-refractivity contribution in [1.29, 1.82) is 0 Å². The van der Waals surface area contributed by atoms with Gasteiger partial charge in [0.25, 0.3) is 0 Å². The summed E-state index contributed by atoms with van der Waals surface area (Å²) in [5.74, 6) is 0.294. The first-order valence-electron chi connectivity index (χ1n) is 8.64. The van der Waals surface area contributed by atoms with Crippen molar-refractivity contribution in [2.45, 2.75) is 18.7 Å². The number of nitrogens with zero attached hydrogens (tertiary/aromatic N) is 3. The highest BCUT2D eigenvalue weighted by Gasteiger charge is 2.30. The van der Waals surface area contributed by atoms with Gasteiger partial charge in [-0.2, -0.15) is 4.31 Å². The standard InChI is InChI=1S/C17H25N3O3S3/c1-3-18(4-2)17(24)25-14-16(21)19-10-12-20(13-11-19)26(22,23)15-8-6-5-7-9-15/h5-9H,3-4,10-14H2,1-2H3. The molecule has 1 aromatic rings. The number of hydrogen-bond donors (Lipinski definition) is 0. The number of piperazine rings is 1.